The molecule has 0 spiro atoms. The molecule has 1 aromatic carbocycles. The van der Waals surface area contributed by atoms with E-state index in [1.807, 2.05) is 24.3 Å². The molecule has 0 radical (unpaired) electrons. The first-order valence-corrected chi connectivity index (χ1v) is 5.43. The molecular formula is C11H9BrO3. The van der Waals surface area contributed by atoms with Crippen LogP contribution in [0, 0.1) is 0 Å². The predicted octanol–water partition coefficient (Wildman–Crippen LogP) is 2.40. The van der Waals surface area contributed by atoms with Crippen molar-refractivity contribution in [3.05, 3.63) is 34.3 Å². The second-order valence-corrected chi connectivity index (χ2v) is 4.42. The van der Waals surface area contributed by atoms with Crippen LogP contribution in [-0.2, 0) is 14.3 Å². The molecule has 15 heavy (non-hydrogen) atoms. The first-order chi connectivity index (χ1) is 7.15. The van der Waals surface area contributed by atoms with Gasteiger partial charge in [0.05, 0.1) is 12.8 Å². The van der Waals surface area contributed by atoms with Crippen molar-refractivity contribution in [1.29, 1.82) is 0 Å². The molecular weight excluding hydrogens is 260 g/mol. The maximum atomic E-state index is 11.1. The van der Waals surface area contributed by atoms with E-state index < -0.39 is 11.9 Å². The van der Waals surface area contributed by atoms with Crippen LogP contribution in [0.4, 0.5) is 0 Å². The van der Waals surface area contributed by atoms with Crippen molar-refractivity contribution in [3.63, 3.8) is 0 Å². The molecule has 4 heteroatoms. The number of ether oxygens (including phenoxy) is 1. The van der Waals surface area contributed by atoms with Crippen molar-refractivity contribution in [1.82, 2.24) is 0 Å². The molecule has 0 bridgehead atoms. The van der Waals surface area contributed by atoms with Gasteiger partial charge in [-0.3, -0.25) is 9.59 Å². The van der Waals surface area contributed by atoms with Gasteiger partial charge in [0.2, 0.25) is 0 Å². The number of hydrogen-bond donors (Lipinski definition) is 0. The summed E-state index contributed by atoms with van der Waals surface area (Å²) in [6.07, 6.45) is 0.560. The zero-order valence-corrected chi connectivity index (χ0v) is 9.49. The molecule has 1 saturated heterocycles. The molecule has 1 aromatic rings. The maximum Gasteiger partial charge on any atom is 0.314 e. The lowest BCUT2D eigenvalue weighted by atomic mass is 9.91. The topological polar surface area (TPSA) is 43.4 Å². The Morgan fingerprint density at radius 2 is 1.87 bits per heavy atom. The maximum absolute atomic E-state index is 11.1. The van der Waals surface area contributed by atoms with Gasteiger partial charge in [-0.2, -0.15) is 0 Å². The lowest BCUT2D eigenvalue weighted by Gasteiger charge is -2.20. The van der Waals surface area contributed by atoms with Crippen molar-refractivity contribution >= 4 is 27.9 Å². The number of carbonyl (C=O) groups excluding carboxylic acids is 2. The highest BCUT2D eigenvalue weighted by molar-refractivity contribution is 9.10. The van der Waals surface area contributed by atoms with E-state index >= 15 is 0 Å². The second-order valence-electron chi connectivity index (χ2n) is 3.51. The van der Waals surface area contributed by atoms with E-state index in [0.717, 1.165) is 10.0 Å². The minimum Gasteiger partial charge on any atom is -0.393 e. The Kier molecular flexibility index (Phi) is 2.86. The summed E-state index contributed by atoms with van der Waals surface area (Å²) >= 11 is 3.36. The highest BCUT2D eigenvalue weighted by atomic mass is 79.9. The molecule has 0 amide bonds. The molecule has 0 N–H and O–H groups in total. The molecule has 1 fully saturated rings. The highest BCUT2D eigenvalue weighted by Gasteiger charge is 2.28. The summed E-state index contributed by atoms with van der Waals surface area (Å²) in [6.45, 7) is 0. The minimum atomic E-state index is -0.434. The van der Waals surface area contributed by atoms with Crippen molar-refractivity contribution in [2.75, 3.05) is 0 Å². The van der Waals surface area contributed by atoms with Crippen LogP contribution in [0.3, 0.4) is 0 Å². The van der Waals surface area contributed by atoms with E-state index in [4.69, 9.17) is 0 Å². The first-order valence-electron chi connectivity index (χ1n) is 4.64. The van der Waals surface area contributed by atoms with Gasteiger partial charge in [-0.25, -0.2) is 0 Å². The van der Waals surface area contributed by atoms with Gasteiger partial charge in [0.1, 0.15) is 0 Å². The lowest BCUT2D eigenvalue weighted by molar-refractivity contribution is -0.163. The summed E-state index contributed by atoms with van der Waals surface area (Å²) in [5, 5.41) is 0. The molecule has 3 nitrogen and oxygen atoms in total. The van der Waals surface area contributed by atoms with Gasteiger partial charge in [0.25, 0.3) is 0 Å². The average molecular weight is 269 g/mol. The van der Waals surface area contributed by atoms with Crippen LogP contribution in [-0.4, -0.2) is 11.9 Å². The number of benzene rings is 1. The van der Waals surface area contributed by atoms with Crippen LogP contribution in [0.25, 0.3) is 0 Å². The Morgan fingerprint density at radius 3 is 2.47 bits per heavy atom. The van der Waals surface area contributed by atoms with E-state index in [0.29, 0.717) is 0 Å². The predicted molar refractivity (Wildman–Crippen MR) is 57.2 cm³/mol. The Morgan fingerprint density at radius 1 is 1.20 bits per heavy atom. The molecule has 0 aliphatic carbocycles. The van der Waals surface area contributed by atoms with Crippen LogP contribution in [0.15, 0.2) is 28.7 Å². The standard InChI is InChI=1S/C11H9BrO3/c12-9-3-1-2-7(4-9)8-5-10(13)15-11(14)6-8/h1-4,8H,5-6H2. The molecule has 1 aliphatic heterocycles. The molecule has 78 valence electrons. The van der Waals surface area contributed by atoms with Gasteiger partial charge >= 0.3 is 11.9 Å². The van der Waals surface area contributed by atoms with E-state index in [2.05, 4.69) is 20.7 Å². The summed E-state index contributed by atoms with van der Waals surface area (Å²) in [6, 6.07) is 7.65. The lowest BCUT2D eigenvalue weighted by Crippen LogP contribution is -2.24. The fourth-order valence-corrected chi connectivity index (χ4v) is 2.10. The Bertz CT molecular complexity index is 398. The van der Waals surface area contributed by atoms with Crippen LogP contribution in [0.5, 0.6) is 0 Å². The molecule has 0 atom stereocenters. The van der Waals surface area contributed by atoms with Crippen molar-refractivity contribution < 1.29 is 14.3 Å². The Hall–Kier alpha value is -1.16. The molecule has 0 unspecified atom stereocenters. The van der Waals surface area contributed by atoms with Gasteiger partial charge in [-0.15, -0.1) is 0 Å². The van der Waals surface area contributed by atoms with Gasteiger partial charge in [-0.1, -0.05) is 28.1 Å². The molecule has 0 saturated carbocycles. The number of cyclic esters (lactones) is 2. The van der Waals surface area contributed by atoms with E-state index in [1.165, 1.54) is 0 Å². The molecule has 1 heterocycles. The summed E-state index contributed by atoms with van der Waals surface area (Å²) in [4.78, 5) is 22.2. The third-order valence-corrected chi connectivity index (χ3v) is 2.87. The number of carbonyl (C=O) groups is 2. The van der Waals surface area contributed by atoms with Crippen LogP contribution in [0.1, 0.15) is 24.3 Å². The van der Waals surface area contributed by atoms with Crippen molar-refractivity contribution in [2.24, 2.45) is 0 Å². The minimum absolute atomic E-state index is 0.0451. The summed E-state index contributed by atoms with van der Waals surface area (Å²) in [5.41, 5.74) is 0.995. The van der Waals surface area contributed by atoms with Crippen molar-refractivity contribution in [3.8, 4) is 0 Å². The highest BCUT2D eigenvalue weighted by Crippen LogP contribution is 2.29. The largest absolute Gasteiger partial charge is 0.393 e. The number of halogens is 1. The third-order valence-electron chi connectivity index (χ3n) is 2.37. The quantitative estimate of drug-likeness (QED) is 0.580. The fraction of sp³-hybridized carbons (Fsp3) is 0.273. The number of esters is 2. The van der Waals surface area contributed by atoms with E-state index in [1.54, 1.807) is 0 Å². The van der Waals surface area contributed by atoms with Gasteiger partial charge in [0, 0.05) is 10.4 Å². The average Bonchev–Trinajstić information content (AvgIpc) is 2.16. The monoisotopic (exact) mass is 268 g/mol. The Labute approximate surface area is 95.6 Å². The van der Waals surface area contributed by atoms with E-state index in [9.17, 15) is 9.59 Å². The zero-order chi connectivity index (χ0) is 10.8. The second kappa shape index (κ2) is 4.14. The first kappa shape index (κ1) is 10.4. The van der Waals surface area contributed by atoms with Crippen LogP contribution < -0.4 is 0 Å². The van der Waals surface area contributed by atoms with Gasteiger partial charge in [-0.05, 0) is 17.7 Å². The smallest absolute Gasteiger partial charge is 0.314 e. The summed E-state index contributed by atoms with van der Waals surface area (Å²) in [5.74, 6) is -0.913. The zero-order valence-electron chi connectivity index (χ0n) is 7.90. The molecule has 0 aromatic heterocycles. The Balaban J connectivity index is 2.23. The van der Waals surface area contributed by atoms with Gasteiger partial charge in [0.15, 0.2) is 0 Å². The fourth-order valence-electron chi connectivity index (χ4n) is 1.68. The summed E-state index contributed by atoms with van der Waals surface area (Å²) in [7, 11) is 0. The third kappa shape index (κ3) is 2.45. The SMILES string of the molecule is O=C1CC(c2cccc(Br)c2)CC(=O)O1. The van der Waals surface area contributed by atoms with Crippen molar-refractivity contribution in [2.45, 2.75) is 18.8 Å². The number of rotatable bonds is 1. The normalized spacial score (nSPS) is 17.7. The molecule has 1 aliphatic rings. The summed E-state index contributed by atoms with van der Waals surface area (Å²) < 4.78 is 5.43. The van der Waals surface area contributed by atoms with Crippen LogP contribution >= 0.6 is 15.9 Å². The van der Waals surface area contributed by atoms with E-state index in [-0.39, 0.29) is 18.8 Å². The molecule has 2 rings (SSSR count). The van der Waals surface area contributed by atoms with Crippen LogP contribution in [0.2, 0.25) is 0 Å². The van der Waals surface area contributed by atoms with Gasteiger partial charge < -0.3 is 4.74 Å². The number of hydrogen-bond acceptors (Lipinski definition) is 3.